The summed E-state index contributed by atoms with van der Waals surface area (Å²) in [5.41, 5.74) is 0.147. The Balaban J connectivity index is 2.27. The van der Waals surface area contributed by atoms with Crippen molar-refractivity contribution in [3.05, 3.63) is 46.8 Å². The van der Waals surface area contributed by atoms with Crippen molar-refractivity contribution < 1.29 is 13.9 Å². The van der Waals surface area contributed by atoms with E-state index in [0.717, 1.165) is 10.8 Å². The first-order valence-corrected chi connectivity index (χ1v) is 6.80. The van der Waals surface area contributed by atoms with Gasteiger partial charge in [0, 0.05) is 16.8 Å². The lowest BCUT2D eigenvalue weighted by Crippen LogP contribution is -2.05. The highest BCUT2D eigenvalue weighted by Crippen LogP contribution is 2.28. The van der Waals surface area contributed by atoms with Gasteiger partial charge in [-0.25, -0.2) is 4.79 Å². The van der Waals surface area contributed by atoms with Crippen molar-refractivity contribution in [1.29, 1.82) is 0 Å². The monoisotopic (exact) mass is 284 g/mol. The smallest absolute Gasteiger partial charge is 0.344 e. The molecule has 0 atom stereocenters. The van der Waals surface area contributed by atoms with Crippen LogP contribution in [0.25, 0.3) is 21.7 Å². The molecule has 1 heterocycles. The molecule has 0 saturated heterocycles. The van der Waals surface area contributed by atoms with Crippen LogP contribution in [0.5, 0.6) is 11.5 Å². The summed E-state index contributed by atoms with van der Waals surface area (Å²) >= 11 is 0. The van der Waals surface area contributed by atoms with Gasteiger partial charge in [-0.1, -0.05) is 0 Å². The quantitative estimate of drug-likeness (QED) is 0.543. The normalized spacial score (nSPS) is 11.2. The van der Waals surface area contributed by atoms with E-state index in [9.17, 15) is 4.79 Å². The Morgan fingerprint density at radius 2 is 1.67 bits per heavy atom. The van der Waals surface area contributed by atoms with Crippen molar-refractivity contribution in [2.75, 3.05) is 7.11 Å². The Kier molecular flexibility index (Phi) is 3.29. The summed E-state index contributed by atoms with van der Waals surface area (Å²) in [6.07, 6.45) is 0.0684. The molecule has 0 amide bonds. The van der Waals surface area contributed by atoms with Gasteiger partial charge in [0.05, 0.1) is 18.6 Å². The summed E-state index contributed by atoms with van der Waals surface area (Å²) in [7, 11) is 1.57. The molecule has 108 valence electrons. The fourth-order valence-corrected chi connectivity index (χ4v) is 2.36. The van der Waals surface area contributed by atoms with E-state index in [1.807, 2.05) is 38.1 Å². The van der Waals surface area contributed by atoms with E-state index in [0.29, 0.717) is 22.5 Å². The minimum Gasteiger partial charge on any atom is -0.497 e. The van der Waals surface area contributed by atoms with Crippen LogP contribution in [0.2, 0.25) is 0 Å². The lowest BCUT2D eigenvalue weighted by molar-refractivity contribution is 0.242. The van der Waals surface area contributed by atoms with Gasteiger partial charge in [0.2, 0.25) is 0 Å². The van der Waals surface area contributed by atoms with Crippen LogP contribution >= 0.6 is 0 Å². The van der Waals surface area contributed by atoms with Crippen LogP contribution < -0.4 is 15.1 Å². The average Bonchev–Trinajstić information content (AvgIpc) is 2.46. The molecule has 0 aliphatic heterocycles. The molecule has 0 unspecified atom stereocenters. The van der Waals surface area contributed by atoms with Gasteiger partial charge >= 0.3 is 5.63 Å². The molecule has 4 heteroatoms. The Morgan fingerprint density at radius 3 is 2.38 bits per heavy atom. The van der Waals surface area contributed by atoms with E-state index in [1.54, 1.807) is 19.2 Å². The minimum atomic E-state index is -0.377. The van der Waals surface area contributed by atoms with E-state index in [-0.39, 0.29) is 11.7 Å². The minimum absolute atomic E-state index is 0.0684. The molecule has 0 aliphatic rings. The van der Waals surface area contributed by atoms with Crippen LogP contribution in [-0.4, -0.2) is 13.2 Å². The van der Waals surface area contributed by atoms with Gasteiger partial charge in [-0.3, -0.25) is 0 Å². The third-order valence-electron chi connectivity index (χ3n) is 3.26. The maximum atomic E-state index is 12.1. The van der Waals surface area contributed by atoms with Crippen molar-refractivity contribution in [2.45, 2.75) is 20.0 Å². The Hall–Kier alpha value is -2.49. The Bertz CT molecular complexity index is 862. The van der Waals surface area contributed by atoms with Gasteiger partial charge < -0.3 is 13.9 Å². The van der Waals surface area contributed by atoms with Gasteiger partial charge in [0.25, 0.3) is 0 Å². The predicted octanol–water partition coefficient (Wildman–Crippen LogP) is 3.74. The van der Waals surface area contributed by atoms with Crippen LogP contribution in [-0.2, 0) is 0 Å². The first-order chi connectivity index (χ1) is 10.1. The van der Waals surface area contributed by atoms with Crippen molar-refractivity contribution in [1.82, 2.24) is 0 Å². The van der Waals surface area contributed by atoms with Gasteiger partial charge in [-0.05, 0) is 44.2 Å². The highest BCUT2D eigenvalue weighted by atomic mass is 16.5. The van der Waals surface area contributed by atoms with Crippen molar-refractivity contribution in [2.24, 2.45) is 0 Å². The van der Waals surface area contributed by atoms with Crippen LogP contribution in [0, 0.1) is 0 Å². The standard InChI is InChI=1S/C17H16O4/c1-10(2)20-12-5-7-14-13-6-4-11(19-3)8-15(13)17(18)21-16(14)9-12/h4-10H,1-3H3. The van der Waals surface area contributed by atoms with Crippen LogP contribution in [0.3, 0.4) is 0 Å². The molecule has 1 aromatic heterocycles. The fourth-order valence-electron chi connectivity index (χ4n) is 2.36. The lowest BCUT2D eigenvalue weighted by Gasteiger charge is -2.10. The van der Waals surface area contributed by atoms with Crippen molar-refractivity contribution >= 4 is 21.7 Å². The summed E-state index contributed by atoms with van der Waals surface area (Å²) in [5, 5.41) is 2.24. The molecule has 0 bridgehead atoms. The van der Waals surface area contributed by atoms with E-state index in [1.165, 1.54) is 0 Å². The Morgan fingerprint density at radius 1 is 0.952 bits per heavy atom. The van der Waals surface area contributed by atoms with E-state index in [2.05, 4.69) is 0 Å². The molecule has 21 heavy (non-hydrogen) atoms. The molecule has 3 aromatic rings. The summed E-state index contributed by atoms with van der Waals surface area (Å²) < 4.78 is 16.2. The summed E-state index contributed by atoms with van der Waals surface area (Å²) in [5.74, 6) is 1.32. The highest BCUT2D eigenvalue weighted by molar-refractivity contribution is 6.04. The molecule has 0 saturated carbocycles. The summed E-state index contributed by atoms with van der Waals surface area (Å²) in [6, 6.07) is 10.9. The lowest BCUT2D eigenvalue weighted by atomic mass is 10.1. The van der Waals surface area contributed by atoms with Crippen molar-refractivity contribution in [3.8, 4) is 11.5 Å². The van der Waals surface area contributed by atoms with Gasteiger partial charge in [0.1, 0.15) is 17.1 Å². The second-order valence-electron chi connectivity index (χ2n) is 5.13. The average molecular weight is 284 g/mol. The first-order valence-electron chi connectivity index (χ1n) is 6.80. The number of hydrogen-bond acceptors (Lipinski definition) is 4. The van der Waals surface area contributed by atoms with Gasteiger partial charge in [-0.15, -0.1) is 0 Å². The summed E-state index contributed by atoms with van der Waals surface area (Å²) in [4.78, 5) is 12.1. The van der Waals surface area contributed by atoms with Gasteiger partial charge in [-0.2, -0.15) is 0 Å². The van der Waals surface area contributed by atoms with Crippen LogP contribution in [0.15, 0.2) is 45.6 Å². The zero-order valence-corrected chi connectivity index (χ0v) is 12.2. The number of fused-ring (bicyclic) bond motifs is 3. The molecule has 2 aromatic carbocycles. The molecule has 0 N–H and O–H groups in total. The summed E-state index contributed by atoms with van der Waals surface area (Å²) in [6.45, 7) is 3.90. The van der Waals surface area contributed by atoms with E-state index < -0.39 is 0 Å². The van der Waals surface area contributed by atoms with Gasteiger partial charge in [0.15, 0.2) is 0 Å². The third-order valence-corrected chi connectivity index (χ3v) is 3.26. The largest absolute Gasteiger partial charge is 0.497 e. The van der Waals surface area contributed by atoms with E-state index in [4.69, 9.17) is 13.9 Å². The fraction of sp³-hybridized carbons (Fsp3) is 0.235. The van der Waals surface area contributed by atoms with E-state index >= 15 is 0 Å². The highest BCUT2D eigenvalue weighted by Gasteiger charge is 2.10. The molecule has 0 spiro atoms. The maximum absolute atomic E-state index is 12.1. The third kappa shape index (κ3) is 2.44. The molecular weight excluding hydrogens is 268 g/mol. The number of rotatable bonds is 3. The molecule has 0 fully saturated rings. The van der Waals surface area contributed by atoms with Crippen LogP contribution in [0.1, 0.15) is 13.8 Å². The number of methoxy groups -OCH3 is 1. The molecule has 0 aliphatic carbocycles. The molecule has 0 radical (unpaired) electrons. The first kappa shape index (κ1) is 13.5. The zero-order chi connectivity index (χ0) is 15.0. The Labute approximate surface area is 121 Å². The SMILES string of the molecule is COc1ccc2c(c1)c(=O)oc1cc(OC(C)C)ccc12. The second-order valence-corrected chi connectivity index (χ2v) is 5.13. The predicted molar refractivity (Wildman–Crippen MR) is 82.3 cm³/mol. The number of benzene rings is 2. The molecule has 4 nitrogen and oxygen atoms in total. The second kappa shape index (κ2) is 5.13. The number of hydrogen-bond donors (Lipinski definition) is 0. The zero-order valence-electron chi connectivity index (χ0n) is 12.2. The number of ether oxygens (including phenoxy) is 2. The molecule has 3 rings (SSSR count). The molecular formula is C17H16O4. The maximum Gasteiger partial charge on any atom is 0.344 e. The van der Waals surface area contributed by atoms with Crippen molar-refractivity contribution in [3.63, 3.8) is 0 Å². The topological polar surface area (TPSA) is 48.7 Å². The van der Waals surface area contributed by atoms with Crippen LogP contribution in [0.4, 0.5) is 0 Å².